The van der Waals surface area contributed by atoms with Crippen LogP contribution in [0.3, 0.4) is 0 Å². The summed E-state index contributed by atoms with van der Waals surface area (Å²) in [5.41, 5.74) is -3.83. The number of carbonyl (C=O) groups excluding carboxylic acids is 1. The summed E-state index contributed by atoms with van der Waals surface area (Å²) in [6.07, 6.45) is -5.65. The van der Waals surface area contributed by atoms with Crippen LogP contribution in [0.1, 0.15) is 22.8 Å². The van der Waals surface area contributed by atoms with Gasteiger partial charge in [-0.25, -0.2) is 22.4 Å². The number of benzene rings is 2. The van der Waals surface area contributed by atoms with Gasteiger partial charge in [-0.3, -0.25) is 0 Å². The predicted molar refractivity (Wildman–Crippen MR) is 93.5 cm³/mol. The highest BCUT2D eigenvalue weighted by molar-refractivity contribution is 7.80. The van der Waals surface area contributed by atoms with Crippen molar-refractivity contribution in [2.24, 2.45) is 0 Å². The molecule has 2 rings (SSSR count). The number of ether oxygens (including phenoxy) is 1. The van der Waals surface area contributed by atoms with E-state index >= 15 is 0 Å². The summed E-state index contributed by atoms with van der Waals surface area (Å²) in [5.74, 6) is -10.4. The summed E-state index contributed by atoms with van der Waals surface area (Å²) in [4.78, 5) is 11.5. The topological polar surface area (TPSA) is 50.4 Å². The quantitative estimate of drug-likeness (QED) is 0.295. The number of thiocarbonyl (C=S) groups is 1. The normalized spacial score (nSPS) is 11.2. The lowest BCUT2D eigenvalue weighted by Gasteiger charge is -2.16. The average molecular weight is 440 g/mol. The number of carbonyl (C=O) groups is 1. The molecule has 0 fully saturated rings. The van der Waals surface area contributed by atoms with Crippen molar-refractivity contribution in [2.75, 3.05) is 17.2 Å². The Bertz CT molecular complexity index is 917. The molecule has 0 saturated heterocycles. The van der Waals surface area contributed by atoms with E-state index in [0.717, 1.165) is 0 Å². The molecule has 2 N–H and O–H groups in total. The van der Waals surface area contributed by atoms with Gasteiger partial charge in [0.15, 0.2) is 28.4 Å². The van der Waals surface area contributed by atoms with E-state index in [1.807, 2.05) is 0 Å². The summed E-state index contributed by atoms with van der Waals surface area (Å²) in [5, 5.41) is 3.59. The number of anilines is 2. The van der Waals surface area contributed by atoms with Crippen molar-refractivity contribution in [3.63, 3.8) is 0 Å². The van der Waals surface area contributed by atoms with Crippen LogP contribution in [0.25, 0.3) is 0 Å². The fourth-order valence-electron chi connectivity index (χ4n) is 2.17. The van der Waals surface area contributed by atoms with Gasteiger partial charge in [-0.1, -0.05) is 0 Å². The van der Waals surface area contributed by atoms with Crippen molar-refractivity contribution in [3.8, 4) is 0 Å². The zero-order valence-electron chi connectivity index (χ0n) is 14.4. The SMILES string of the molecule is CCOC(=O)c1ccc(NC(=S)Nc2c(F)c(F)c(C(F)(F)F)c(F)c2F)cc1. The average Bonchev–Trinajstić information content (AvgIpc) is 2.63. The zero-order chi connectivity index (χ0) is 21.9. The number of hydrogen-bond donors (Lipinski definition) is 2. The third kappa shape index (κ3) is 4.94. The molecule has 0 aliphatic carbocycles. The number of rotatable bonds is 4. The van der Waals surface area contributed by atoms with E-state index in [4.69, 9.17) is 17.0 Å². The van der Waals surface area contributed by atoms with E-state index in [1.54, 1.807) is 12.2 Å². The molecule has 0 aliphatic rings. The summed E-state index contributed by atoms with van der Waals surface area (Å²) < 4.78 is 97.5. The van der Waals surface area contributed by atoms with Crippen LogP contribution in [-0.2, 0) is 10.9 Å². The first-order valence-corrected chi connectivity index (χ1v) is 8.16. The van der Waals surface area contributed by atoms with Crippen molar-refractivity contribution in [2.45, 2.75) is 13.1 Å². The maximum Gasteiger partial charge on any atom is 0.422 e. The first-order chi connectivity index (χ1) is 13.5. The van der Waals surface area contributed by atoms with Crippen LogP contribution in [0, 0.1) is 23.3 Å². The van der Waals surface area contributed by atoms with Crippen LogP contribution in [-0.4, -0.2) is 17.7 Å². The molecule has 156 valence electrons. The fraction of sp³-hybridized carbons (Fsp3) is 0.176. The van der Waals surface area contributed by atoms with E-state index < -0.39 is 51.8 Å². The molecule has 29 heavy (non-hydrogen) atoms. The molecule has 0 aliphatic heterocycles. The Morgan fingerprint density at radius 3 is 1.93 bits per heavy atom. The molecule has 0 heterocycles. The molecule has 0 amide bonds. The first kappa shape index (κ1) is 22.4. The molecule has 2 aromatic rings. The number of hydrogen-bond acceptors (Lipinski definition) is 3. The molecule has 0 aromatic heterocycles. The van der Waals surface area contributed by atoms with Crippen LogP contribution in [0.4, 0.5) is 42.1 Å². The van der Waals surface area contributed by atoms with Gasteiger partial charge in [-0.2, -0.15) is 13.2 Å². The fourth-order valence-corrected chi connectivity index (χ4v) is 2.39. The lowest BCUT2D eigenvalue weighted by Crippen LogP contribution is -2.23. The van der Waals surface area contributed by atoms with Gasteiger partial charge < -0.3 is 15.4 Å². The van der Waals surface area contributed by atoms with Gasteiger partial charge in [0, 0.05) is 5.69 Å². The molecule has 2 aromatic carbocycles. The predicted octanol–water partition coefficient (Wildman–Crippen LogP) is 5.25. The van der Waals surface area contributed by atoms with Gasteiger partial charge in [-0.05, 0) is 43.4 Å². The van der Waals surface area contributed by atoms with E-state index in [-0.39, 0.29) is 17.9 Å². The van der Waals surface area contributed by atoms with E-state index in [2.05, 4.69) is 5.32 Å². The second kappa shape index (κ2) is 8.64. The highest BCUT2D eigenvalue weighted by Crippen LogP contribution is 2.38. The Balaban J connectivity index is 2.22. The monoisotopic (exact) mass is 440 g/mol. The minimum Gasteiger partial charge on any atom is -0.462 e. The molecule has 0 radical (unpaired) electrons. The number of esters is 1. The van der Waals surface area contributed by atoms with Gasteiger partial charge in [0.05, 0.1) is 12.2 Å². The summed E-state index contributed by atoms with van der Waals surface area (Å²) in [7, 11) is 0. The molecular formula is C17H11F7N2O2S. The van der Waals surface area contributed by atoms with Crippen molar-refractivity contribution >= 4 is 34.7 Å². The molecule has 0 bridgehead atoms. The number of nitrogens with one attached hydrogen (secondary N) is 2. The second-order valence-electron chi connectivity index (χ2n) is 5.38. The number of alkyl halides is 3. The second-order valence-corrected chi connectivity index (χ2v) is 5.79. The maximum absolute atomic E-state index is 13.9. The van der Waals surface area contributed by atoms with Crippen molar-refractivity contribution in [1.82, 2.24) is 0 Å². The lowest BCUT2D eigenvalue weighted by atomic mass is 10.1. The van der Waals surface area contributed by atoms with E-state index in [1.165, 1.54) is 24.3 Å². The van der Waals surface area contributed by atoms with Crippen LogP contribution in [0.5, 0.6) is 0 Å². The highest BCUT2D eigenvalue weighted by Gasteiger charge is 2.42. The van der Waals surface area contributed by atoms with Gasteiger partial charge in [-0.15, -0.1) is 0 Å². The van der Waals surface area contributed by atoms with Crippen LogP contribution < -0.4 is 10.6 Å². The summed E-state index contributed by atoms with van der Waals surface area (Å²) >= 11 is 4.74. The minimum atomic E-state index is -5.65. The molecule has 0 atom stereocenters. The molecule has 0 spiro atoms. The smallest absolute Gasteiger partial charge is 0.422 e. The molecule has 0 unspecified atom stereocenters. The third-order valence-corrected chi connectivity index (χ3v) is 3.64. The molecule has 0 saturated carbocycles. The Morgan fingerprint density at radius 2 is 1.48 bits per heavy atom. The van der Waals surface area contributed by atoms with Crippen LogP contribution in [0.2, 0.25) is 0 Å². The van der Waals surface area contributed by atoms with Crippen LogP contribution in [0.15, 0.2) is 24.3 Å². The van der Waals surface area contributed by atoms with Crippen molar-refractivity contribution in [3.05, 3.63) is 58.7 Å². The number of halogens is 7. The van der Waals surface area contributed by atoms with E-state index in [9.17, 15) is 35.5 Å². The largest absolute Gasteiger partial charge is 0.462 e. The standard InChI is InChI=1S/C17H11F7N2O2S/c1-2-28-15(27)7-3-5-8(6-4-7)25-16(29)26-14-12(20)10(18)9(17(22,23)24)11(19)13(14)21/h3-6H,2H2,1H3,(H2,25,26,29). The maximum atomic E-state index is 13.9. The van der Waals surface area contributed by atoms with Crippen molar-refractivity contribution in [1.29, 1.82) is 0 Å². The van der Waals surface area contributed by atoms with Gasteiger partial charge in [0.25, 0.3) is 0 Å². The summed E-state index contributed by atoms with van der Waals surface area (Å²) in [6, 6.07) is 5.34. The molecule has 12 heteroatoms. The Morgan fingerprint density at radius 1 is 0.966 bits per heavy atom. The molecule has 4 nitrogen and oxygen atoms in total. The highest BCUT2D eigenvalue weighted by atomic mass is 32.1. The van der Waals surface area contributed by atoms with Gasteiger partial charge >= 0.3 is 12.1 Å². The molecular weight excluding hydrogens is 429 g/mol. The van der Waals surface area contributed by atoms with Gasteiger partial charge in [0.2, 0.25) is 0 Å². The zero-order valence-corrected chi connectivity index (χ0v) is 15.2. The summed E-state index contributed by atoms with van der Waals surface area (Å²) in [6.45, 7) is 1.77. The Kier molecular flexibility index (Phi) is 6.67. The third-order valence-electron chi connectivity index (χ3n) is 3.44. The minimum absolute atomic E-state index is 0.157. The lowest BCUT2D eigenvalue weighted by molar-refractivity contribution is -0.143. The Labute approximate surface area is 164 Å². The Hall–Kier alpha value is -2.89. The van der Waals surface area contributed by atoms with Crippen molar-refractivity contribution < 1.29 is 40.3 Å². The first-order valence-electron chi connectivity index (χ1n) is 7.75. The van der Waals surface area contributed by atoms with E-state index in [0.29, 0.717) is 0 Å². The van der Waals surface area contributed by atoms with Crippen LogP contribution >= 0.6 is 12.2 Å². The van der Waals surface area contributed by atoms with Gasteiger partial charge in [0.1, 0.15) is 11.3 Å².